The third kappa shape index (κ3) is 4.03. The second-order valence-corrected chi connectivity index (χ2v) is 14.8. The molecule has 2 heterocycles. The van der Waals surface area contributed by atoms with E-state index in [1.54, 1.807) is 0 Å². The van der Waals surface area contributed by atoms with Crippen molar-refractivity contribution in [3.05, 3.63) is 27.6 Å². The maximum absolute atomic E-state index is 10.8. The summed E-state index contributed by atoms with van der Waals surface area (Å²) in [4.78, 5) is 4.65. The molecule has 0 aliphatic heterocycles. The predicted molar refractivity (Wildman–Crippen MR) is 109 cm³/mol. The van der Waals surface area contributed by atoms with Gasteiger partial charge >= 0.3 is 0 Å². The minimum Gasteiger partial charge on any atom is -0.385 e. The predicted octanol–water partition coefficient (Wildman–Crippen LogP) is 4.71. The molecule has 0 bridgehead atoms. The molecule has 132 valence electrons. The van der Waals surface area contributed by atoms with Crippen molar-refractivity contribution in [3.8, 4) is 0 Å². The Balaban J connectivity index is 1.76. The van der Waals surface area contributed by atoms with Gasteiger partial charge in [-0.25, -0.2) is 4.98 Å². The van der Waals surface area contributed by atoms with Crippen molar-refractivity contribution in [1.29, 1.82) is 0 Å². The van der Waals surface area contributed by atoms with Gasteiger partial charge in [-0.2, -0.15) is 0 Å². The van der Waals surface area contributed by atoms with Gasteiger partial charge in [-0.1, -0.05) is 32.5 Å². The van der Waals surface area contributed by atoms with E-state index >= 15 is 0 Å². The number of fused-ring (bicyclic) bond motifs is 1. The van der Waals surface area contributed by atoms with E-state index in [4.69, 9.17) is 4.74 Å². The normalized spacial score (nSPS) is 17.7. The van der Waals surface area contributed by atoms with Gasteiger partial charge in [0.25, 0.3) is 0 Å². The number of pyridine rings is 1. The average molecular weight is 458 g/mol. The van der Waals surface area contributed by atoms with Crippen LogP contribution in [0.2, 0.25) is 25.7 Å². The molecular weight excluding hydrogens is 431 g/mol. The first-order valence-electron chi connectivity index (χ1n) is 8.74. The smallest absolute Gasteiger partial charge is 0.142 e. The zero-order valence-corrected chi connectivity index (χ0v) is 18.0. The van der Waals surface area contributed by atoms with Gasteiger partial charge in [-0.3, -0.25) is 4.57 Å². The number of halogens is 1. The number of rotatable bonds is 6. The van der Waals surface area contributed by atoms with E-state index in [2.05, 4.69) is 63.9 Å². The summed E-state index contributed by atoms with van der Waals surface area (Å²) in [6.07, 6.45) is 5.73. The lowest BCUT2D eigenvalue weighted by atomic mass is 9.93. The molecule has 0 unspecified atom stereocenters. The van der Waals surface area contributed by atoms with Crippen LogP contribution in [-0.2, 0) is 17.1 Å². The molecule has 6 heteroatoms. The maximum atomic E-state index is 10.8. The molecule has 1 aliphatic carbocycles. The second kappa shape index (κ2) is 7.05. The van der Waals surface area contributed by atoms with Crippen molar-refractivity contribution in [1.82, 2.24) is 9.55 Å². The summed E-state index contributed by atoms with van der Waals surface area (Å²) in [7, 11) is -1.06. The molecule has 2 aromatic rings. The molecule has 1 aliphatic rings. The molecule has 1 N–H and O–H groups in total. The molecule has 3 rings (SSSR count). The summed E-state index contributed by atoms with van der Waals surface area (Å²) in [5.41, 5.74) is 1.22. The van der Waals surface area contributed by atoms with Crippen molar-refractivity contribution < 1.29 is 9.84 Å². The van der Waals surface area contributed by atoms with Gasteiger partial charge in [-0.15, -0.1) is 0 Å². The standard InChI is InChI=1S/C18H27IN2O2Si/c1-24(2,3)9-8-23-13-21-16(19)11-14-10-15(12-20-17(14)21)18(22)6-4-5-7-18/h10-12,22H,4-9,13H2,1-3H3. The van der Waals surface area contributed by atoms with Crippen LogP contribution in [0, 0.1) is 3.70 Å². The fourth-order valence-electron chi connectivity index (χ4n) is 3.27. The SMILES string of the molecule is C[Si](C)(C)CCOCn1c(I)cc2cc(C3(O)CCCC3)cnc21. The van der Waals surface area contributed by atoms with Gasteiger partial charge in [-0.05, 0) is 53.6 Å². The van der Waals surface area contributed by atoms with E-state index < -0.39 is 13.7 Å². The fourth-order valence-corrected chi connectivity index (χ4v) is 4.73. The first-order chi connectivity index (χ1) is 11.3. The Morgan fingerprint density at radius 1 is 1.29 bits per heavy atom. The van der Waals surface area contributed by atoms with E-state index in [9.17, 15) is 5.11 Å². The van der Waals surface area contributed by atoms with E-state index in [0.717, 1.165) is 52.6 Å². The lowest BCUT2D eigenvalue weighted by Gasteiger charge is -2.22. The minimum absolute atomic E-state index is 0.545. The van der Waals surface area contributed by atoms with Crippen LogP contribution < -0.4 is 0 Å². The number of aliphatic hydroxyl groups is 1. The highest BCUT2D eigenvalue weighted by molar-refractivity contribution is 14.1. The lowest BCUT2D eigenvalue weighted by Crippen LogP contribution is -2.22. The number of hydrogen-bond donors (Lipinski definition) is 1. The molecule has 0 radical (unpaired) electrons. The minimum atomic E-state index is -1.06. The zero-order chi connectivity index (χ0) is 17.4. The maximum Gasteiger partial charge on any atom is 0.142 e. The lowest BCUT2D eigenvalue weighted by molar-refractivity contribution is 0.0443. The van der Waals surface area contributed by atoms with Crippen molar-refractivity contribution in [2.24, 2.45) is 0 Å². The highest BCUT2D eigenvalue weighted by Crippen LogP contribution is 2.39. The Hall–Kier alpha value is -0.443. The summed E-state index contributed by atoms with van der Waals surface area (Å²) in [5.74, 6) is 0. The summed E-state index contributed by atoms with van der Waals surface area (Å²) < 4.78 is 9.13. The van der Waals surface area contributed by atoms with Crippen LogP contribution in [0.3, 0.4) is 0 Å². The van der Waals surface area contributed by atoms with E-state index in [1.807, 2.05) is 6.20 Å². The number of hydrogen-bond acceptors (Lipinski definition) is 3. The summed E-state index contributed by atoms with van der Waals surface area (Å²) in [6, 6.07) is 5.41. The van der Waals surface area contributed by atoms with Gasteiger partial charge in [0.15, 0.2) is 0 Å². The molecule has 1 saturated carbocycles. The van der Waals surface area contributed by atoms with Crippen LogP contribution in [0.1, 0.15) is 31.2 Å². The quantitative estimate of drug-likeness (QED) is 0.387. The molecule has 0 aromatic carbocycles. The van der Waals surface area contributed by atoms with Gasteiger partial charge < -0.3 is 9.84 Å². The van der Waals surface area contributed by atoms with Gasteiger partial charge in [0.1, 0.15) is 12.4 Å². The first kappa shape index (κ1) is 18.4. The Kier molecular flexibility index (Phi) is 5.39. The van der Waals surface area contributed by atoms with Gasteiger partial charge in [0.2, 0.25) is 0 Å². The van der Waals surface area contributed by atoms with Crippen LogP contribution in [0.4, 0.5) is 0 Å². The monoisotopic (exact) mass is 458 g/mol. The van der Waals surface area contributed by atoms with Crippen LogP contribution >= 0.6 is 22.6 Å². The molecule has 4 nitrogen and oxygen atoms in total. The van der Waals surface area contributed by atoms with Gasteiger partial charge in [0.05, 0.1) is 9.30 Å². The van der Waals surface area contributed by atoms with Crippen LogP contribution in [0.25, 0.3) is 11.0 Å². The van der Waals surface area contributed by atoms with Gasteiger partial charge in [0, 0.05) is 31.8 Å². The summed E-state index contributed by atoms with van der Waals surface area (Å²) in [5, 5.41) is 11.9. The van der Waals surface area contributed by atoms with E-state index in [1.165, 1.54) is 6.04 Å². The molecule has 0 amide bonds. The molecule has 2 aromatic heterocycles. The Morgan fingerprint density at radius 2 is 2.00 bits per heavy atom. The number of aromatic nitrogens is 2. The summed E-state index contributed by atoms with van der Waals surface area (Å²) in [6.45, 7) is 8.44. The average Bonchev–Trinajstić information content (AvgIpc) is 3.06. The molecule has 24 heavy (non-hydrogen) atoms. The number of ether oxygens (including phenoxy) is 1. The molecule has 0 saturated heterocycles. The summed E-state index contributed by atoms with van der Waals surface area (Å²) >= 11 is 2.33. The molecule has 1 fully saturated rings. The van der Waals surface area contributed by atoms with Crippen LogP contribution in [0.5, 0.6) is 0 Å². The van der Waals surface area contributed by atoms with Crippen molar-refractivity contribution in [3.63, 3.8) is 0 Å². The van der Waals surface area contributed by atoms with Crippen molar-refractivity contribution in [2.45, 2.75) is 63.7 Å². The van der Waals surface area contributed by atoms with E-state index in [0.29, 0.717) is 6.73 Å². The highest BCUT2D eigenvalue weighted by atomic mass is 127. The fraction of sp³-hybridized carbons (Fsp3) is 0.611. The third-order valence-corrected chi connectivity index (χ3v) is 7.47. The van der Waals surface area contributed by atoms with Crippen molar-refractivity contribution in [2.75, 3.05) is 6.61 Å². The highest BCUT2D eigenvalue weighted by Gasteiger charge is 2.33. The van der Waals surface area contributed by atoms with Crippen LogP contribution in [-0.4, -0.2) is 29.3 Å². The second-order valence-electron chi connectivity index (χ2n) is 8.12. The Morgan fingerprint density at radius 3 is 2.67 bits per heavy atom. The first-order valence-corrected chi connectivity index (χ1v) is 13.5. The largest absolute Gasteiger partial charge is 0.385 e. The zero-order valence-electron chi connectivity index (χ0n) is 14.8. The molecule has 0 spiro atoms. The molecular formula is C18H27IN2O2Si. The van der Waals surface area contributed by atoms with E-state index in [-0.39, 0.29) is 0 Å². The van der Waals surface area contributed by atoms with Crippen LogP contribution in [0.15, 0.2) is 18.3 Å². The Labute approximate surface area is 158 Å². The topological polar surface area (TPSA) is 47.3 Å². The third-order valence-electron chi connectivity index (χ3n) is 4.87. The number of nitrogens with zero attached hydrogens (tertiary/aromatic N) is 2. The molecule has 0 atom stereocenters. The van der Waals surface area contributed by atoms with Crippen molar-refractivity contribution >= 4 is 41.7 Å². The Bertz CT molecular complexity index is 718.